The normalized spacial score (nSPS) is 10.3. The third-order valence-corrected chi connectivity index (χ3v) is 2.81. The summed E-state index contributed by atoms with van der Waals surface area (Å²) in [5.41, 5.74) is 2.70. The molecular formula is C12H13NS. The molecule has 1 N–H and O–H groups in total. The highest BCUT2D eigenvalue weighted by molar-refractivity contribution is 7.07. The fraction of sp³-hybridized carbons (Fsp3) is 0.167. The summed E-state index contributed by atoms with van der Waals surface area (Å²) in [5, 5.41) is 7.70. The van der Waals surface area contributed by atoms with Gasteiger partial charge in [-0.05, 0) is 28.0 Å². The van der Waals surface area contributed by atoms with E-state index in [-0.39, 0.29) is 0 Å². The molecule has 2 heteroatoms. The minimum absolute atomic E-state index is 0.941. The second kappa shape index (κ2) is 4.94. The van der Waals surface area contributed by atoms with Crippen LogP contribution in [0.5, 0.6) is 0 Å². The van der Waals surface area contributed by atoms with E-state index >= 15 is 0 Å². The molecule has 0 amide bonds. The highest BCUT2D eigenvalue weighted by Crippen LogP contribution is 2.05. The summed E-state index contributed by atoms with van der Waals surface area (Å²) in [7, 11) is 0. The molecule has 0 spiro atoms. The fourth-order valence-corrected chi connectivity index (χ4v) is 2.01. The lowest BCUT2D eigenvalue weighted by Crippen LogP contribution is -2.11. The first-order valence-electron chi connectivity index (χ1n) is 4.71. The standard InChI is InChI=1S/C12H13NS/c1-2-4-11(5-3-1)8-13-9-12-6-7-14-10-12/h1-7,10,13H,8-9H2. The van der Waals surface area contributed by atoms with Crippen molar-refractivity contribution < 1.29 is 0 Å². The Morgan fingerprint density at radius 2 is 1.71 bits per heavy atom. The van der Waals surface area contributed by atoms with Crippen LogP contribution in [0.2, 0.25) is 0 Å². The third-order valence-electron chi connectivity index (χ3n) is 2.08. The lowest BCUT2D eigenvalue weighted by molar-refractivity contribution is 0.695. The minimum atomic E-state index is 0.941. The van der Waals surface area contributed by atoms with Gasteiger partial charge >= 0.3 is 0 Å². The molecule has 2 aromatic rings. The second-order valence-electron chi connectivity index (χ2n) is 3.22. The van der Waals surface area contributed by atoms with E-state index in [1.165, 1.54) is 11.1 Å². The molecule has 1 nitrogen and oxygen atoms in total. The zero-order valence-electron chi connectivity index (χ0n) is 7.94. The third kappa shape index (κ3) is 2.69. The van der Waals surface area contributed by atoms with E-state index in [2.05, 4.69) is 46.4 Å². The highest BCUT2D eigenvalue weighted by Gasteiger charge is 1.93. The van der Waals surface area contributed by atoms with Gasteiger partial charge in [0.1, 0.15) is 0 Å². The summed E-state index contributed by atoms with van der Waals surface area (Å²) in [4.78, 5) is 0. The largest absolute Gasteiger partial charge is 0.309 e. The summed E-state index contributed by atoms with van der Waals surface area (Å²) < 4.78 is 0. The van der Waals surface area contributed by atoms with E-state index in [1.54, 1.807) is 11.3 Å². The Morgan fingerprint density at radius 1 is 0.929 bits per heavy atom. The Bertz CT molecular complexity index is 353. The number of benzene rings is 1. The maximum Gasteiger partial charge on any atom is 0.0216 e. The predicted molar refractivity (Wildman–Crippen MR) is 61.3 cm³/mol. The van der Waals surface area contributed by atoms with Gasteiger partial charge in [0, 0.05) is 13.1 Å². The molecule has 1 heterocycles. The lowest BCUT2D eigenvalue weighted by atomic mass is 10.2. The molecular weight excluding hydrogens is 190 g/mol. The second-order valence-corrected chi connectivity index (χ2v) is 4.00. The first-order chi connectivity index (χ1) is 6.95. The molecule has 0 fully saturated rings. The highest BCUT2D eigenvalue weighted by atomic mass is 32.1. The van der Waals surface area contributed by atoms with Crippen molar-refractivity contribution in [2.24, 2.45) is 0 Å². The summed E-state index contributed by atoms with van der Waals surface area (Å²) in [6.07, 6.45) is 0. The predicted octanol–water partition coefficient (Wildman–Crippen LogP) is 3.04. The summed E-state index contributed by atoms with van der Waals surface area (Å²) in [6.45, 7) is 1.90. The summed E-state index contributed by atoms with van der Waals surface area (Å²) >= 11 is 1.75. The van der Waals surface area contributed by atoms with Gasteiger partial charge < -0.3 is 5.32 Å². The van der Waals surface area contributed by atoms with E-state index in [9.17, 15) is 0 Å². The van der Waals surface area contributed by atoms with Crippen molar-refractivity contribution in [1.82, 2.24) is 5.32 Å². The molecule has 1 aromatic heterocycles. The first kappa shape index (κ1) is 9.44. The topological polar surface area (TPSA) is 12.0 Å². The van der Waals surface area contributed by atoms with Gasteiger partial charge in [-0.25, -0.2) is 0 Å². The first-order valence-corrected chi connectivity index (χ1v) is 5.65. The van der Waals surface area contributed by atoms with Crippen LogP contribution in [0.3, 0.4) is 0 Å². The van der Waals surface area contributed by atoms with Gasteiger partial charge in [0.25, 0.3) is 0 Å². The average molecular weight is 203 g/mol. The number of rotatable bonds is 4. The van der Waals surface area contributed by atoms with E-state index in [0.29, 0.717) is 0 Å². The fourth-order valence-electron chi connectivity index (χ4n) is 1.34. The molecule has 0 radical (unpaired) electrons. The van der Waals surface area contributed by atoms with Crippen LogP contribution in [0.1, 0.15) is 11.1 Å². The van der Waals surface area contributed by atoms with E-state index in [0.717, 1.165) is 13.1 Å². The van der Waals surface area contributed by atoms with Crippen molar-refractivity contribution in [3.05, 3.63) is 58.3 Å². The number of hydrogen-bond donors (Lipinski definition) is 1. The SMILES string of the molecule is c1ccc(CNCc2ccsc2)cc1. The molecule has 2 rings (SSSR count). The maximum absolute atomic E-state index is 3.41. The van der Waals surface area contributed by atoms with Gasteiger partial charge in [-0.15, -0.1) is 0 Å². The van der Waals surface area contributed by atoms with Crippen molar-refractivity contribution >= 4 is 11.3 Å². The number of thiophene rings is 1. The number of hydrogen-bond acceptors (Lipinski definition) is 2. The Hall–Kier alpha value is -1.12. The van der Waals surface area contributed by atoms with Gasteiger partial charge in [-0.2, -0.15) is 11.3 Å². The minimum Gasteiger partial charge on any atom is -0.309 e. The summed E-state index contributed by atoms with van der Waals surface area (Å²) in [5.74, 6) is 0. The van der Waals surface area contributed by atoms with Crippen LogP contribution in [-0.4, -0.2) is 0 Å². The van der Waals surface area contributed by atoms with Gasteiger partial charge in [0.15, 0.2) is 0 Å². The Balaban J connectivity index is 1.79. The van der Waals surface area contributed by atoms with Gasteiger partial charge in [0.05, 0.1) is 0 Å². The van der Waals surface area contributed by atoms with Crippen molar-refractivity contribution in [3.8, 4) is 0 Å². The number of nitrogens with one attached hydrogen (secondary N) is 1. The van der Waals surface area contributed by atoms with Gasteiger partial charge in [0.2, 0.25) is 0 Å². The Morgan fingerprint density at radius 3 is 2.43 bits per heavy atom. The van der Waals surface area contributed by atoms with E-state index in [1.807, 2.05) is 6.07 Å². The van der Waals surface area contributed by atoms with E-state index in [4.69, 9.17) is 0 Å². The van der Waals surface area contributed by atoms with Crippen LogP contribution < -0.4 is 5.32 Å². The molecule has 1 aromatic carbocycles. The van der Waals surface area contributed by atoms with Crippen LogP contribution in [0.4, 0.5) is 0 Å². The van der Waals surface area contributed by atoms with Crippen molar-refractivity contribution in [2.45, 2.75) is 13.1 Å². The Labute approximate surface area is 88.4 Å². The molecule has 0 unspecified atom stereocenters. The molecule has 0 aliphatic carbocycles. The van der Waals surface area contributed by atoms with Gasteiger partial charge in [-0.1, -0.05) is 30.3 Å². The molecule has 0 saturated carbocycles. The molecule has 0 aliphatic heterocycles. The summed E-state index contributed by atoms with van der Waals surface area (Å²) in [6, 6.07) is 12.6. The van der Waals surface area contributed by atoms with Crippen LogP contribution in [0, 0.1) is 0 Å². The van der Waals surface area contributed by atoms with Crippen molar-refractivity contribution in [1.29, 1.82) is 0 Å². The Kier molecular flexibility index (Phi) is 3.33. The zero-order chi connectivity index (χ0) is 9.64. The van der Waals surface area contributed by atoms with E-state index < -0.39 is 0 Å². The van der Waals surface area contributed by atoms with Gasteiger partial charge in [-0.3, -0.25) is 0 Å². The maximum atomic E-state index is 3.41. The van der Waals surface area contributed by atoms with Crippen molar-refractivity contribution in [3.63, 3.8) is 0 Å². The molecule has 0 bridgehead atoms. The quantitative estimate of drug-likeness (QED) is 0.805. The van der Waals surface area contributed by atoms with Crippen LogP contribution in [0.25, 0.3) is 0 Å². The molecule has 72 valence electrons. The zero-order valence-corrected chi connectivity index (χ0v) is 8.76. The monoisotopic (exact) mass is 203 g/mol. The van der Waals surface area contributed by atoms with Crippen molar-refractivity contribution in [2.75, 3.05) is 0 Å². The lowest BCUT2D eigenvalue weighted by Gasteiger charge is -2.02. The molecule has 0 aliphatic rings. The molecule has 0 atom stereocenters. The molecule has 14 heavy (non-hydrogen) atoms. The van der Waals surface area contributed by atoms with Crippen LogP contribution in [-0.2, 0) is 13.1 Å². The molecule has 0 saturated heterocycles. The average Bonchev–Trinajstić information content (AvgIpc) is 2.72. The van der Waals surface area contributed by atoms with Crippen LogP contribution in [0.15, 0.2) is 47.2 Å². The smallest absolute Gasteiger partial charge is 0.0216 e. The van der Waals surface area contributed by atoms with Crippen LogP contribution >= 0.6 is 11.3 Å².